The lowest BCUT2D eigenvalue weighted by Crippen LogP contribution is -2.16. The summed E-state index contributed by atoms with van der Waals surface area (Å²) in [5, 5.41) is 15.7. The lowest BCUT2D eigenvalue weighted by Gasteiger charge is -2.02. The van der Waals surface area contributed by atoms with E-state index in [4.69, 9.17) is 0 Å². The van der Waals surface area contributed by atoms with Crippen LogP contribution in [0.1, 0.15) is 11.5 Å². The Balaban J connectivity index is 1.59. The van der Waals surface area contributed by atoms with E-state index in [0.29, 0.717) is 13.1 Å². The number of nitrogens with zero attached hydrogens (tertiary/aromatic N) is 5. The molecule has 0 atom stereocenters. The molecule has 2 heterocycles. The molecule has 0 aliphatic carbocycles. The van der Waals surface area contributed by atoms with Crippen LogP contribution in [0.5, 0.6) is 0 Å². The third-order valence-corrected chi connectivity index (χ3v) is 3.06. The highest BCUT2D eigenvalue weighted by atomic mass is 15.3. The first kappa shape index (κ1) is 12.6. The average molecular weight is 268 g/mol. The third-order valence-electron chi connectivity index (χ3n) is 3.06. The highest BCUT2D eigenvalue weighted by Crippen LogP contribution is 2.06. The standard InChI is InChI=1S/C14H16N6/c1-19-11-16-17-14(19)10-15-9-12-7-8-20(18-12)13-5-3-2-4-6-13/h2-8,11,15H,9-10H2,1H3. The lowest BCUT2D eigenvalue weighted by molar-refractivity contribution is 0.624. The van der Waals surface area contributed by atoms with Crippen molar-refractivity contribution in [3.05, 3.63) is 60.4 Å². The van der Waals surface area contributed by atoms with Crippen LogP contribution in [0.4, 0.5) is 0 Å². The molecule has 20 heavy (non-hydrogen) atoms. The minimum absolute atomic E-state index is 0.675. The number of hydrogen-bond acceptors (Lipinski definition) is 4. The first-order valence-electron chi connectivity index (χ1n) is 6.46. The summed E-state index contributed by atoms with van der Waals surface area (Å²) < 4.78 is 3.77. The van der Waals surface area contributed by atoms with E-state index in [2.05, 4.69) is 20.6 Å². The minimum atomic E-state index is 0.675. The van der Waals surface area contributed by atoms with E-state index < -0.39 is 0 Å². The number of para-hydroxylation sites is 1. The number of hydrogen-bond donors (Lipinski definition) is 1. The van der Waals surface area contributed by atoms with Crippen molar-refractivity contribution >= 4 is 0 Å². The van der Waals surface area contributed by atoms with Crippen LogP contribution in [-0.4, -0.2) is 24.5 Å². The fourth-order valence-corrected chi connectivity index (χ4v) is 1.95. The van der Waals surface area contributed by atoms with Gasteiger partial charge in [0.25, 0.3) is 0 Å². The van der Waals surface area contributed by atoms with Crippen LogP contribution in [0.25, 0.3) is 5.69 Å². The minimum Gasteiger partial charge on any atom is -0.320 e. The van der Waals surface area contributed by atoms with Crippen LogP contribution in [0, 0.1) is 0 Å². The normalized spacial score (nSPS) is 10.8. The highest BCUT2D eigenvalue weighted by molar-refractivity contribution is 5.30. The smallest absolute Gasteiger partial charge is 0.146 e. The van der Waals surface area contributed by atoms with Crippen LogP contribution in [0.2, 0.25) is 0 Å². The molecule has 0 unspecified atom stereocenters. The van der Waals surface area contributed by atoms with Crippen molar-refractivity contribution in [3.63, 3.8) is 0 Å². The Labute approximate surface area is 117 Å². The largest absolute Gasteiger partial charge is 0.320 e. The Morgan fingerprint density at radius 2 is 1.95 bits per heavy atom. The zero-order valence-electron chi connectivity index (χ0n) is 11.3. The fourth-order valence-electron chi connectivity index (χ4n) is 1.95. The van der Waals surface area contributed by atoms with Gasteiger partial charge in [-0.2, -0.15) is 5.10 Å². The fraction of sp³-hybridized carbons (Fsp3) is 0.214. The molecular formula is C14H16N6. The predicted octanol–water partition coefficient (Wildman–Crippen LogP) is 1.29. The van der Waals surface area contributed by atoms with E-state index in [0.717, 1.165) is 17.2 Å². The molecule has 2 aromatic heterocycles. The molecule has 1 aromatic carbocycles. The van der Waals surface area contributed by atoms with E-state index >= 15 is 0 Å². The van der Waals surface area contributed by atoms with Gasteiger partial charge in [-0.25, -0.2) is 4.68 Å². The highest BCUT2D eigenvalue weighted by Gasteiger charge is 2.03. The zero-order chi connectivity index (χ0) is 13.8. The van der Waals surface area contributed by atoms with Gasteiger partial charge < -0.3 is 9.88 Å². The second kappa shape index (κ2) is 5.66. The summed E-state index contributed by atoms with van der Waals surface area (Å²) in [5.74, 6) is 0.910. The van der Waals surface area contributed by atoms with Gasteiger partial charge in [0, 0.05) is 19.8 Å². The maximum atomic E-state index is 4.53. The van der Waals surface area contributed by atoms with Gasteiger partial charge in [0.1, 0.15) is 12.2 Å². The molecule has 3 aromatic rings. The summed E-state index contributed by atoms with van der Waals surface area (Å²) in [6.07, 6.45) is 3.66. The van der Waals surface area contributed by atoms with Gasteiger partial charge in [-0.15, -0.1) is 10.2 Å². The van der Waals surface area contributed by atoms with Gasteiger partial charge in [-0.05, 0) is 18.2 Å². The Morgan fingerprint density at radius 3 is 2.70 bits per heavy atom. The van der Waals surface area contributed by atoms with Gasteiger partial charge in [0.15, 0.2) is 0 Å². The van der Waals surface area contributed by atoms with Gasteiger partial charge in [0.05, 0.1) is 17.9 Å². The topological polar surface area (TPSA) is 60.6 Å². The van der Waals surface area contributed by atoms with Crippen molar-refractivity contribution in [2.24, 2.45) is 7.05 Å². The summed E-state index contributed by atoms with van der Waals surface area (Å²) >= 11 is 0. The summed E-state index contributed by atoms with van der Waals surface area (Å²) in [4.78, 5) is 0. The quantitative estimate of drug-likeness (QED) is 0.757. The third kappa shape index (κ3) is 2.75. The van der Waals surface area contributed by atoms with Crippen molar-refractivity contribution in [1.82, 2.24) is 29.9 Å². The second-order valence-electron chi connectivity index (χ2n) is 4.55. The lowest BCUT2D eigenvalue weighted by atomic mass is 10.3. The molecule has 0 aliphatic rings. The Bertz CT molecular complexity index is 670. The molecule has 6 heteroatoms. The Hall–Kier alpha value is -2.47. The van der Waals surface area contributed by atoms with Crippen LogP contribution in [0.3, 0.4) is 0 Å². The molecule has 0 saturated carbocycles. The monoisotopic (exact) mass is 268 g/mol. The van der Waals surface area contributed by atoms with Crippen molar-refractivity contribution in [2.75, 3.05) is 0 Å². The van der Waals surface area contributed by atoms with Crippen molar-refractivity contribution < 1.29 is 0 Å². The van der Waals surface area contributed by atoms with Gasteiger partial charge in [-0.1, -0.05) is 18.2 Å². The Morgan fingerprint density at radius 1 is 1.10 bits per heavy atom. The molecule has 0 aliphatic heterocycles. The van der Waals surface area contributed by atoms with Crippen molar-refractivity contribution in [3.8, 4) is 5.69 Å². The van der Waals surface area contributed by atoms with Crippen molar-refractivity contribution in [1.29, 1.82) is 0 Å². The average Bonchev–Trinajstić information content (AvgIpc) is 3.10. The number of benzene rings is 1. The maximum Gasteiger partial charge on any atom is 0.146 e. The zero-order valence-corrected chi connectivity index (χ0v) is 11.3. The molecular weight excluding hydrogens is 252 g/mol. The van der Waals surface area contributed by atoms with Crippen LogP contribution in [0.15, 0.2) is 48.9 Å². The first-order valence-corrected chi connectivity index (χ1v) is 6.46. The molecule has 0 radical (unpaired) electrons. The first-order chi connectivity index (χ1) is 9.83. The summed E-state index contributed by atoms with van der Waals surface area (Å²) in [6, 6.07) is 12.1. The molecule has 0 spiro atoms. The maximum absolute atomic E-state index is 4.53. The molecule has 3 rings (SSSR count). The summed E-state index contributed by atoms with van der Waals surface area (Å²) in [7, 11) is 1.93. The van der Waals surface area contributed by atoms with Crippen LogP contribution < -0.4 is 5.32 Å². The molecule has 102 valence electrons. The van der Waals surface area contributed by atoms with E-state index in [9.17, 15) is 0 Å². The van der Waals surface area contributed by atoms with Gasteiger partial charge >= 0.3 is 0 Å². The summed E-state index contributed by atoms with van der Waals surface area (Å²) in [6.45, 7) is 1.38. The second-order valence-corrected chi connectivity index (χ2v) is 4.55. The van der Waals surface area contributed by atoms with Crippen molar-refractivity contribution in [2.45, 2.75) is 13.1 Å². The number of aromatic nitrogens is 5. The summed E-state index contributed by atoms with van der Waals surface area (Å²) in [5.41, 5.74) is 2.06. The molecule has 0 bridgehead atoms. The van der Waals surface area contributed by atoms with E-state index in [1.165, 1.54) is 0 Å². The number of aryl methyl sites for hydroxylation is 1. The van der Waals surface area contributed by atoms with E-state index in [1.807, 2.05) is 58.9 Å². The molecule has 0 saturated heterocycles. The van der Waals surface area contributed by atoms with Gasteiger partial charge in [0.2, 0.25) is 0 Å². The number of nitrogens with one attached hydrogen (secondary N) is 1. The van der Waals surface area contributed by atoms with Crippen LogP contribution in [-0.2, 0) is 20.1 Å². The van der Waals surface area contributed by atoms with E-state index in [-0.39, 0.29) is 0 Å². The Kier molecular flexibility index (Phi) is 3.56. The van der Waals surface area contributed by atoms with Gasteiger partial charge in [-0.3, -0.25) is 0 Å². The predicted molar refractivity (Wildman–Crippen MR) is 75.1 cm³/mol. The molecule has 0 fully saturated rings. The SMILES string of the molecule is Cn1cnnc1CNCc1ccn(-c2ccccc2)n1. The molecule has 0 amide bonds. The molecule has 6 nitrogen and oxygen atoms in total. The number of rotatable bonds is 5. The van der Waals surface area contributed by atoms with E-state index in [1.54, 1.807) is 6.33 Å². The van der Waals surface area contributed by atoms with Crippen LogP contribution >= 0.6 is 0 Å². The molecule has 1 N–H and O–H groups in total.